The van der Waals surface area contributed by atoms with Crippen LogP contribution in [0.5, 0.6) is 0 Å². The average Bonchev–Trinajstić information content (AvgIpc) is 3.23. The lowest BCUT2D eigenvalue weighted by Gasteiger charge is -2.32. The molecule has 2 aromatic rings. The Labute approximate surface area is 151 Å². The van der Waals surface area contributed by atoms with Gasteiger partial charge in [-0.15, -0.1) is 0 Å². The quantitative estimate of drug-likeness (QED) is 0.842. The molecule has 138 valence electrons. The van der Waals surface area contributed by atoms with E-state index in [1.807, 2.05) is 16.9 Å². The Morgan fingerprint density at radius 1 is 1.35 bits per heavy atom. The topological polar surface area (TPSA) is 56.6 Å². The molecule has 26 heavy (non-hydrogen) atoms. The first-order valence-electron chi connectivity index (χ1n) is 8.91. The summed E-state index contributed by atoms with van der Waals surface area (Å²) in [7, 11) is 0. The van der Waals surface area contributed by atoms with Crippen molar-refractivity contribution in [3.8, 4) is 0 Å². The molecule has 2 aliphatic rings. The second-order valence-corrected chi connectivity index (χ2v) is 6.98. The van der Waals surface area contributed by atoms with Crippen molar-refractivity contribution in [1.29, 1.82) is 0 Å². The molecule has 0 N–H and O–H groups in total. The Morgan fingerprint density at radius 2 is 2.19 bits per heavy atom. The molecule has 1 aromatic heterocycles. The number of hydrogen-bond acceptors (Lipinski definition) is 4. The SMILES string of the molecule is O=C(c1ccc(F)cc1)N1CCOCC2(CCC(Cn3cccn3)O2)C1. The summed E-state index contributed by atoms with van der Waals surface area (Å²) in [6.45, 7) is 2.64. The number of halogens is 1. The fourth-order valence-electron chi connectivity index (χ4n) is 3.72. The number of nitrogens with zero attached hydrogens (tertiary/aromatic N) is 3. The molecule has 2 saturated heterocycles. The molecule has 1 amide bonds. The maximum Gasteiger partial charge on any atom is 0.254 e. The number of benzene rings is 1. The van der Waals surface area contributed by atoms with Crippen LogP contribution >= 0.6 is 0 Å². The van der Waals surface area contributed by atoms with Crippen LogP contribution < -0.4 is 0 Å². The molecule has 0 saturated carbocycles. The summed E-state index contributed by atoms with van der Waals surface area (Å²) in [6.07, 6.45) is 5.47. The van der Waals surface area contributed by atoms with E-state index < -0.39 is 5.60 Å². The van der Waals surface area contributed by atoms with E-state index in [-0.39, 0.29) is 17.8 Å². The highest BCUT2D eigenvalue weighted by atomic mass is 19.1. The Balaban J connectivity index is 1.45. The van der Waals surface area contributed by atoms with Gasteiger partial charge in [0.25, 0.3) is 5.91 Å². The monoisotopic (exact) mass is 359 g/mol. The zero-order valence-corrected chi connectivity index (χ0v) is 14.5. The van der Waals surface area contributed by atoms with Gasteiger partial charge in [-0.25, -0.2) is 4.39 Å². The van der Waals surface area contributed by atoms with E-state index in [0.717, 1.165) is 12.8 Å². The average molecular weight is 359 g/mol. The maximum absolute atomic E-state index is 13.1. The summed E-state index contributed by atoms with van der Waals surface area (Å²) >= 11 is 0. The molecule has 7 heteroatoms. The van der Waals surface area contributed by atoms with Crippen molar-refractivity contribution >= 4 is 5.91 Å². The number of amides is 1. The number of ether oxygens (including phenoxy) is 2. The van der Waals surface area contributed by atoms with E-state index in [4.69, 9.17) is 9.47 Å². The lowest BCUT2D eigenvalue weighted by Crippen LogP contribution is -2.46. The van der Waals surface area contributed by atoms with Crippen LogP contribution in [0, 0.1) is 5.82 Å². The third-order valence-electron chi connectivity index (χ3n) is 5.02. The molecule has 6 nitrogen and oxygen atoms in total. The zero-order chi connectivity index (χ0) is 18.0. The predicted molar refractivity (Wildman–Crippen MR) is 92.2 cm³/mol. The standard InChI is InChI=1S/C19H22FN3O3/c20-16-4-2-15(3-5-16)18(24)22-10-11-25-14-19(13-22)7-6-17(26-19)12-23-9-1-8-21-23/h1-5,8-9,17H,6-7,10-14H2. The first kappa shape index (κ1) is 17.2. The Morgan fingerprint density at radius 3 is 2.96 bits per heavy atom. The number of carbonyl (C=O) groups excluding carboxylic acids is 1. The molecule has 2 fully saturated rings. The van der Waals surface area contributed by atoms with Gasteiger partial charge in [0.2, 0.25) is 0 Å². The molecule has 0 aliphatic carbocycles. The predicted octanol–water partition coefficient (Wildman–Crippen LogP) is 2.11. The number of aromatic nitrogens is 2. The van der Waals surface area contributed by atoms with Gasteiger partial charge in [0, 0.05) is 24.5 Å². The Kier molecular flexibility index (Phi) is 4.74. The molecular formula is C19H22FN3O3. The van der Waals surface area contributed by atoms with Crippen molar-refractivity contribution in [2.45, 2.75) is 31.1 Å². The summed E-state index contributed by atoms with van der Waals surface area (Å²) in [6, 6.07) is 7.55. The van der Waals surface area contributed by atoms with Crippen LogP contribution in [0.4, 0.5) is 4.39 Å². The summed E-state index contributed by atoms with van der Waals surface area (Å²) < 4.78 is 27.1. The van der Waals surface area contributed by atoms with Crippen LogP contribution in [0.3, 0.4) is 0 Å². The molecule has 0 bridgehead atoms. The van der Waals surface area contributed by atoms with Gasteiger partial charge in [0.1, 0.15) is 11.4 Å². The van der Waals surface area contributed by atoms with Crippen molar-refractivity contribution < 1.29 is 18.7 Å². The summed E-state index contributed by atoms with van der Waals surface area (Å²) in [4.78, 5) is 14.6. The molecule has 4 rings (SSSR count). The fraction of sp³-hybridized carbons (Fsp3) is 0.474. The van der Waals surface area contributed by atoms with Crippen molar-refractivity contribution in [1.82, 2.24) is 14.7 Å². The normalized spacial score (nSPS) is 26.2. The molecule has 3 heterocycles. The fourth-order valence-corrected chi connectivity index (χ4v) is 3.72. The number of hydrogen-bond donors (Lipinski definition) is 0. The summed E-state index contributed by atoms with van der Waals surface area (Å²) in [5.41, 5.74) is -0.00108. The smallest absolute Gasteiger partial charge is 0.254 e. The van der Waals surface area contributed by atoms with Crippen LogP contribution in [-0.4, -0.2) is 58.6 Å². The van der Waals surface area contributed by atoms with E-state index in [1.165, 1.54) is 24.3 Å². The first-order valence-corrected chi connectivity index (χ1v) is 8.91. The second-order valence-electron chi connectivity index (χ2n) is 6.98. The molecule has 1 spiro atoms. The van der Waals surface area contributed by atoms with Crippen molar-refractivity contribution in [3.63, 3.8) is 0 Å². The van der Waals surface area contributed by atoms with Crippen LogP contribution in [-0.2, 0) is 16.0 Å². The van der Waals surface area contributed by atoms with Gasteiger partial charge in [0.15, 0.2) is 0 Å². The third-order valence-corrected chi connectivity index (χ3v) is 5.02. The van der Waals surface area contributed by atoms with Gasteiger partial charge >= 0.3 is 0 Å². The highest BCUT2D eigenvalue weighted by Crippen LogP contribution is 2.34. The summed E-state index contributed by atoms with van der Waals surface area (Å²) in [5.74, 6) is -0.466. The van der Waals surface area contributed by atoms with Gasteiger partial charge in [0.05, 0.1) is 32.4 Å². The molecular weight excluding hydrogens is 337 g/mol. The largest absolute Gasteiger partial charge is 0.377 e. The lowest BCUT2D eigenvalue weighted by molar-refractivity contribution is -0.0881. The minimum atomic E-state index is -0.482. The van der Waals surface area contributed by atoms with E-state index in [1.54, 1.807) is 11.1 Å². The summed E-state index contributed by atoms with van der Waals surface area (Å²) in [5, 5.41) is 4.23. The van der Waals surface area contributed by atoms with E-state index in [9.17, 15) is 9.18 Å². The van der Waals surface area contributed by atoms with Gasteiger partial charge in [-0.2, -0.15) is 5.10 Å². The van der Waals surface area contributed by atoms with Crippen molar-refractivity contribution in [2.24, 2.45) is 0 Å². The van der Waals surface area contributed by atoms with Crippen LogP contribution in [0.15, 0.2) is 42.7 Å². The van der Waals surface area contributed by atoms with E-state index >= 15 is 0 Å². The first-order chi connectivity index (χ1) is 12.6. The van der Waals surface area contributed by atoms with Gasteiger partial charge in [-0.05, 0) is 43.2 Å². The highest BCUT2D eigenvalue weighted by molar-refractivity contribution is 5.94. The molecule has 2 aliphatic heterocycles. The Hall–Kier alpha value is -2.25. The maximum atomic E-state index is 13.1. The van der Waals surface area contributed by atoms with Gasteiger partial charge < -0.3 is 14.4 Å². The van der Waals surface area contributed by atoms with E-state index in [2.05, 4.69) is 5.10 Å². The molecule has 2 atom stereocenters. The highest BCUT2D eigenvalue weighted by Gasteiger charge is 2.44. The Bertz CT molecular complexity index is 750. The minimum absolute atomic E-state index is 0.0550. The van der Waals surface area contributed by atoms with E-state index in [0.29, 0.717) is 38.4 Å². The van der Waals surface area contributed by atoms with Crippen molar-refractivity contribution in [3.05, 3.63) is 54.1 Å². The third kappa shape index (κ3) is 3.64. The van der Waals surface area contributed by atoms with Crippen LogP contribution in [0.1, 0.15) is 23.2 Å². The minimum Gasteiger partial charge on any atom is -0.377 e. The van der Waals surface area contributed by atoms with Crippen LogP contribution in [0.25, 0.3) is 0 Å². The molecule has 1 aromatic carbocycles. The number of rotatable bonds is 3. The van der Waals surface area contributed by atoms with Gasteiger partial charge in [-0.1, -0.05) is 0 Å². The zero-order valence-electron chi connectivity index (χ0n) is 14.5. The second kappa shape index (κ2) is 7.17. The molecule has 2 unspecified atom stereocenters. The van der Waals surface area contributed by atoms with Crippen molar-refractivity contribution in [2.75, 3.05) is 26.3 Å². The molecule has 0 radical (unpaired) electrons. The van der Waals surface area contributed by atoms with Crippen LogP contribution in [0.2, 0.25) is 0 Å². The lowest BCUT2D eigenvalue weighted by atomic mass is 9.99. The van der Waals surface area contributed by atoms with Gasteiger partial charge in [-0.3, -0.25) is 9.48 Å². The number of carbonyl (C=O) groups is 1.